The van der Waals surface area contributed by atoms with Crippen molar-refractivity contribution in [1.29, 1.82) is 0 Å². The number of nitrogens with one attached hydrogen (secondary N) is 1. The zero-order valence-corrected chi connectivity index (χ0v) is 15.2. The molecule has 2 heterocycles. The quantitative estimate of drug-likeness (QED) is 0.579. The van der Waals surface area contributed by atoms with Crippen molar-refractivity contribution in [1.82, 2.24) is 14.8 Å². The van der Waals surface area contributed by atoms with Gasteiger partial charge in [0.05, 0.1) is 30.6 Å². The maximum Gasteiger partial charge on any atom is 0.522 e. The number of halogens is 5. The highest BCUT2D eigenvalue weighted by atomic mass is 32.1. The number of rotatable bonds is 6. The number of amides is 1. The molecule has 2 aromatic heterocycles. The monoisotopic (exact) mass is 433 g/mol. The van der Waals surface area contributed by atoms with Crippen LogP contribution in [-0.2, 0) is 11.3 Å². The van der Waals surface area contributed by atoms with E-state index in [0.717, 1.165) is 28.2 Å². The Morgan fingerprint density at radius 3 is 2.62 bits per heavy atom. The third-order valence-electron chi connectivity index (χ3n) is 3.52. The Kier molecular flexibility index (Phi) is 5.79. The molecular formula is C16H12F5N5O2S. The molecule has 0 bridgehead atoms. The first-order valence-electron chi connectivity index (χ1n) is 7.89. The molecule has 0 saturated carbocycles. The van der Waals surface area contributed by atoms with Crippen molar-refractivity contribution < 1.29 is 31.5 Å². The van der Waals surface area contributed by atoms with Gasteiger partial charge in [-0.3, -0.25) is 14.2 Å². The lowest BCUT2D eigenvalue weighted by Crippen LogP contribution is -2.17. The molecule has 7 nitrogen and oxygen atoms in total. The highest BCUT2D eigenvalue weighted by Gasteiger charge is 2.28. The van der Waals surface area contributed by atoms with Crippen LogP contribution in [0, 0.1) is 11.6 Å². The molecular weight excluding hydrogens is 421 g/mol. The van der Waals surface area contributed by atoms with E-state index in [1.54, 1.807) is 0 Å². The molecule has 0 unspecified atom stereocenters. The van der Waals surface area contributed by atoms with Crippen LogP contribution in [0.1, 0.15) is 10.5 Å². The lowest BCUT2D eigenvalue weighted by atomic mass is 10.2. The molecule has 0 aliphatic carbocycles. The van der Waals surface area contributed by atoms with Crippen LogP contribution in [0.25, 0.3) is 10.6 Å². The molecule has 13 heteroatoms. The smallest absolute Gasteiger partial charge is 0.389 e. The molecule has 3 N–H and O–H groups in total. The Morgan fingerprint density at radius 2 is 1.97 bits per heavy atom. The molecule has 3 rings (SSSR count). The van der Waals surface area contributed by atoms with Crippen LogP contribution >= 0.6 is 11.3 Å². The first-order chi connectivity index (χ1) is 13.6. The third-order valence-corrected chi connectivity index (χ3v) is 4.42. The summed E-state index contributed by atoms with van der Waals surface area (Å²) in [4.78, 5) is 16.3. The van der Waals surface area contributed by atoms with E-state index in [-0.39, 0.29) is 27.9 Å². The number of nitrogens with two attached hydrogens (primary N) is 1. The number of nitrogens with zero attached hydrogens (tertiary/aromatic N) is 3. The van der Waals surface area contributed by atoms with E-state index in [1.165, 1.54) is 18.5 Å². The summed E-state index contributed by atoms with van der Waals surface area (Å²) in [6.07, 6.45) is -2.27. The molecule has 0 aliphatic heterocycles. The number of carbonyl (C=O) groups is 1. The number of nitrogen functional groups attached to an aromatic ring is 1. The van der Waals surface area contributed by atoms with Crippen LogP contribution in [0.3, 0.4) is 0 Å². The summed E-state index contributed by atoms with van der Waals surface area (Å²) in [7, 11) is 0. The molecule has 29 heavy (non-hydrogen) atoms. The molecule has 0 aliphatic rings. The highest BCUT2D eigenvalue weighted by Crippen LogP contribution is 2.33. The fraction of sp³-hybridized carbons (Fsp3) is 0.188. The molecule has 0 radical (unpaired) electrons. The van der Waals surface area contributed by atoms with Crippen molar-refractivity contribution in [2.45, 2.75) is 12.9 Å². The van der Waals surface area contributed by atoms with E-state index in [0.29, 0.717) is 0 Å². The highest BCUT2D eigenvalue weighted by molar-refractivity contribution is 7.19. The van der Waals surface area contributed by atoms with Gasteiger partial charge in [0.25, 0.3) is 5.91 Å². The predicted octanol–water partition coefficient (Wildman–Crippen LogP) is 3.66. The van der Waals surface area contributed by atoms with Gasteiger partial charge in [0.2, 0.25) is 0 Å². The Morgan fingerprint density at radius 1 is 1.28 bits per heavy atom. The van der Waals surface area contributed by atoms with Crippen LogP contribution in [0.2, 0.25) is 0 Å². The van der Waals surface area contributed by atoms with E-state index in [9.17, 15) is 26.7 Å². The van der Waals surface area contributed by atoms with E-state index < -0.39 is 36.1 Å². The minimum Gasteiger partial charge on any atom is -0.389 e. The number of benzene rings is 1. The second kappa shape index (κ2) is 8.13. The van der Waals surface area contributed by atoms with Crippen molar-refractivity contribution in [2.24, 2.45) is 0 Å². The Labute approximate surface area is 163 Å². The van der Waals surface area contributed by atoms with Gasteiger partial charge < -0.3 is 11.1 Å². The number of aromatic nitrogens is 3. The number of alkyl halides is 3. The van der Waals surface area contributed by atoms with E-state index >= 15 is 0 Å². The number of hydrogen-bond donors (Lipinski definition) is 2. The maximum absolute atomic E-state index is 13.9. The number of thiazole rings is 1. The van der Waals surface area contributed by atoms with Gasteiger partial charge in [-0.05, 0) is 12.1 Å². The standard InChI is InChI=1S/C16H12F5N5O2S/c17-9-2-1-3-10(18)11(9)15-25-12(13(22)29-15)14(27)24-8-6-23-26(7-8)4-5-28-16(19,20)21/h1-3,6-7H,4-5,22H2,(H,24,27). The number of carbonyl (C=O) groups excluding carboxylic acids is 1. The van der Waals surface area contributed by atoms with Gasteiger partial charge >= 0.3 is 6.36 Å². The molecule has 0 saturated heterocycles. The average molecular weight is 433 g/mol. The molecule has 0 spiro atoms. The normalized spacial score (nSPS) is 11.6. The van der Waals surface area contributed by atoms with E-state index in [4.69, 9.17) is 5.73 Å². The fourth-order valence-corrected chi connectivity index (χ4v) is 3.18. The SMILES string of the molecule is Nc1sc(-c2c(F)cccc2F)nc1C(=O)Nc1cnn(CCOC(F)(F)F)c1. The summed E-state index contributed by atoms with van der Waals surface area (Å²) in [6, 6.07) is 3.29. The van der Waals surface area contributed by atoms with Gasteiger partial charge in [0.1, 0.15) is 21.6 Å². The van der Waals surface area contributed by atoms with Crippen LogP contribution in [0.4, 0.5) is 32.6 Å². The fourth-order valence-electron chi connectivity index (χ4n) is 2.30. The number of hydrogen-bond acceptors (Lipinski definition) is 6. The van der Waals surface area contributed by atoms with Gasteiger partial charge in [0.15, 0.2) is 5.69 Å². The second-order valence-electron chi connectivity index (χ2n) is 5.57. The van der Waals surface area contributed by atoms with E-state index in [2.05, 4.69) is 20.1 Å². The van der Waals surface area contributed by atoms with Gasteiger partial charge in [-0.2, -0.15) is 5.10 Å². The van der Waals surface area contributed by atoms with Crippen LogP contribution in [0.5, 0.6) is 0 Å². The summed E-state index contributed by atoms with van der Waals surface area (Å²) in [5.41, 5.74) is 5.26. The molecule has 1 aromatic carbocycles. The minimum atomic E-state index is -4.75. The summed E-state index contributed by atoms with van der Waals surface area (Å²) in [5, 5.41) is 6.03. The Hall–Kier alpha value is -3.06. The van der Waals surface area contributed by atoms with Crippen molar-refractivity contribution >= 4 is 27.9 Å². The van der Waals surface area contributed by atoms with Gasteiger partial charge in [0, 0.05) is 6.20 Å². The predicted molar refractivity (Wildman–Crippen MR) is 94.1 cm³/mol. The van der Waals surface area contributed by atoms with Crippen LogP contribution in [0.15, 0.2) is 30.6 Å². The summed E-state index contributed by atoms with van der Waals surface area (Å²) in [5.74, 6) is -2.48. The second-order valence-corrected chi connectivity index (χ2v) is 6.60. The third kappa shape index (κ3) is 5.06. The van der Waals surface area contributed by atoms with Crippen molar-refractivity contribution in [3.8, 4) is 10.6 Å². The maximum atomic E-state index is 13.9. The molecule has 154 valence electrons. The van der Waals surface area contributed by atoms with Gasteiger partial charge in [-0.15, -0.1) is 13.2 Å². The van der Waals surface area contributed by atoms with Crippen molar-refractivity contribution in [2.75, 3.05) is 17.7 Å². The zero-order chi connectivity index (χ0) is 21.2. The van der Waals surface area contributed by atoms with Crippen LogP contribution in [-0.4, -0.2) is 33.6 Å². The lowest BCUT2D eigenvalue weighted by Gasteiger charge is -2.06. The minimum absolute atomic E-state index is 0.0638. The largest absolute Gasteiger partial charge is 0.522 e. The molecule has 3 aromatic rings. The van der Waals surface area contributed by atoms with Crippen molar-refractivity contribution in [3.05, 3.63) is 47.9 Å². The van der Waals surface area contributed by atoms with E-state index in [1.807, 2.05) is 0 Å². The summed E-state index contributed by atoms with van der Waals surface area (Å²) < 4.78 is 68.4. The number of anilines is 2. The molecule has 1 amide bonds. The van der Waals surface area contributed by atoms with Crippen molar-refractivity contribution in [3.63, 3.8) is 0 Å². The van der Waals surface area contributed by atoms with Gasteiger partial charge in [-0.25, -0.2) is 13.8 Å². The number of ether oxygens (including phenoxy) is 1. The Bertz CT molecular complexity index is 1010. The molecule has 0 fully saturated rings. The Balaban J connectivity index is 1.70. The zero-order valence-electron chi connectivity index (χ0n) is 14.3. The molecule has 0 atom stereocenters. The first kappa shape index (κ1) is 20.7. The van der Waals surface area contributed by atoms with Crippen LogP contribution < -0.4 is 11.1 Å². The first-order valence-corrected chi connectivity index (χ1v) is 8.71. The average Bonchev–Trinajstić information content (AvgIpc) is 3.20. The van der Waals surface area contributed by atoms with Gasteiger partial charge in [-0.1, -0.05) is 17.4 Å². The lowest BCUT2D eigenvalue weighted by molar-refractivity contribution is -0.325. The summed E-state index contributed by atoms with van der Waals surface area (Å²) in [6.45, 7) is -0.861. The topological polar surface area (TPSA) is 95.1 Å². The summed E-state index contributed by atoms with van der Waals surface area (Å²) >= 11 is 0.735.